The third-order valence-corrected chi connectivity index (χ3v) is 3.26. The molecule has 0 aromatic carbocycles. The lowest BCUT2D eigenvalue weighted by atomic mass is 10.00. The molecule has 3 rings (SSSR count). The highest BCUT2D eigenvalue weighted by molar-refractivity contribution is 5.98. The Labute approximate surface area is 110 Å². The van der Waals surface area contributed by atoms with Gasteiger partial charge in [0, 0.05) is 16.9 Å². The summed E-state index contributed by atoms with van der Waals surface area (Å²) in [5, 5.41) is 9.10. The van der Waals surface area contributed by atoms with Gasteiger partial charge >= 0.3 is 0 Å². The van der Waals surface area contributed by atoms with Gasteiger partial charge in [0.1, 0.15) is 6.07 Å². The Hall–Kier alpha value is -2.93. The van der Waals surface area contributed by atoms with Crippen LogP contribution in [0.4, 0.5) is 17.1 Å². The maximum absolute atomic E-state index is 9.10. The van der Waals surface area contributed by atoms with Gasteiger partial charge in [-0.25, -0.2) is 0 Å². The van der Waals surface area contributed by atoms with Crippen molar-refractivity contribution < 1.29 is 0 Å². The summed E-state index contributed by atoms with van der Waals surface area (Å²) in [7, 11) is 0. The molecule has 6 N–H and O–H groups in total. The fourth-order valence-electron chi connectivity index (χ4n) is 2.42. The summed E-state index contributed by atoms with van der Waals surface area (Å²) in [5.74, 6) is 0. The number of nitriles is 1. The maximum Gasteiger partial charge on any atom is 0.101 e. The van der Waals surface area contributed by atoms with E-state index in [9.17, 15) is 0 Å². The van der Waals surface area contributed by atoms with Gasteiger partial charge in [-0.1, -0.05) is 6.07 Å². The normalized spacial score (nSPS) is 10.7. The molecule has 0 aromatic rings. The minimum atomic E-state index is 0.473. The zero-order valence-corrected chi connectivity index (χ0v) is 10.1. The zero-order chi connectivity index (χ0) is 13.6. The number of nitrogens with zero attached hydrogens (tertiary/aromatic N) is 1. The van der Waals surface area contributed by atoms with Crippen molar-refractivity contribution in [2.24, 2.45) is 0 Å². The summed E-state index contributed by atoms with van der Waals surface area (Å²) in [6.07, 6.45) is 0. The smallest absolute Gasteiger partial charge is 0.101 e. The van der Waals surface area contributed by atoms with Crippen molar-refractivity contribution in [1.29, 1.82) is 5.26 Å². The molecule has 0 radical (unpaired) electrons. The lowest BCUT2D eigenvalue weighted by Gasteiger charge is -2.06. The fourth-order valence-corrected chi connectivity index (χ4v) is 2.42. The molecule has 0 atom stereocenters. The van der Waals surface area contributed by atoms with Crippen molar-refractivity contribution in [2.45, 2.75) is 0 Å². The van der Waals surface area contributed by atoms with Gasteiger partial charge in [-0.2, -0.15) is 5.26 Å². The first-order valence-corrected chi connectivity index (χ1v) is 5.81. The second-order valence-corrected chi connectivity index (χ2v) is 4.55. The van der Waals surface area contributed by atoms with Crippen molar-refractivity contribution in [3.63, 3.8) is 0 Å². The minimum Gasteiger partial charge on any atom is -0.399 e. The summed E-state index contributed by atoms with van der Waals surface area (Å²) < 4.78 is 0. The Morgan fingerprint density at radius 2 is 1.58 bits per heavy atom. The largest absolute Gasteiger partial charge is 0.399 e. The predicted molar refractivity (Wildman–Crippen MR) is 77.6 cm³/mol. The van der Waals surface area contributed by atoms with E-state index in [0.29, 0.717) is 22.6 Å². The van der Waals surface area contributed by atoms with Crippen molar-refractivity contribution in [3.8, 4) is 28.3 Å². The van der Waals surface area contributed by atoms with Crippen molar-refractivity contribution >= 4 is 17.1 Å². The van der Waals surface area contributed by atoms with Crippen LogP contribution in [0, 0.1) is 11.3 Å². The summed E-state index contributed by atoms with van der Waals surface area (Å²) in [5.41, 5.74) is 23.6. The van der Waals surface area contributed by atoms with Gasteiger partial charge in [0.05, 0.1) is 11.3 Å². The highest BCUT2D eigenvalue weighted by Crippen LogP contribution is 2.43. The number of nitrogens with two attached hydrogens (primary N) is 3. The maximum atomic E-state index is 9.10. The van der Waals surface area contributed by atoms with Crippen LogP contribution in [0.2, 0.25) is 0 Å². The number of rotatable bonds is 0. The molecule has 0 unspecified atom stereocenters. The van der Waals surface area contributed by atoms with Gasteiger partial charge in [0.15, 0.2) is 0 Å². The third-order valence-electron chi connectivity index (χ3n) is 3.26. The summed E-state index contributed by atoms with van der Waals surface area (Å²) in [6.45, 7) is 0. The fraction of sp³-hybridized carbons (Fsp3) is 0. The van der Waals surface area contributed by atoms with Gasteiger partial charge in [-0.05, 0) is 47.0 Å². The zero-order valence-electron chi connectivity index (χ0n) is 10.1. The van der Waals surface area contributed by atoms with Gasteiger partial charge in [0.25, 0.3) is 0 Å². The van der Waals surface area contributed by atoms with Crippen LogP contribution in [0.25, 0.3) is 22.3 Å². The van der Waals surface area contributed by atoms with Crippen LogP contribution in [0.15, 0.2) is 36.4 Å². The Balaban J connectivity index is 2.49. The van der Waals surface area contributed by atoms with E-state index in [1.54, 1.807) is 12.1 Å². The number of hydrogen-bond donors (Lipinski definition) is 3. The number of nitrogen functional groups attached to an aromatic ring is 3. The molecule has 4 heteroatoms. The first kappa shape index (κ1) is 11.2. The lowest BCUT2D eigenvalue weighted by Crippen LogP contribution is -1.89. The van der Waals surface area contributed by atoms with Crippen LogP contribution < -0.4 is 17.2 Å². The molecule has 0 bridgehead atoms. The highest BCUT2D eigenvalue weighted by Gasteiger charge is 2.19. The summed E-state index contributed by atoms with van der Waals surface area (Å²) in [4.78, 5) is 0. The van der Waals surface area contributed by atoms with E-state index in [0.717, 1.165) is 22.3 Å². The molecule has 92 valence electrons. The van der Waals surface area contributed by atoms with E-state index in [1.807, 2.05) is 24.3 Å². The van der Waals surface area contributed by atoms with Crippen molar-refractivity contribution in [3.05, 3.63) is 42.0 Å². The van der Waals surface area contributed by atoms with E-state index >= 15 is 0 Å². The summed E-state index contributed by atoms with van der Waals surface area (Å²) >= 11 is 0. The van der Waals surface area contributed by atoms with Crippen LogP contribution >= 0.6 is 0 Å². The van der Waals surface area contributed by atoms with E-state index in [2.05, 4.69) is 6.07 Å². The third kappa shape index (κ3) is 1.60. The Morgan fingerprint density at radius 3 is 2.32 bits per heavy atom. The Morgan fingerprint density at radius 1 is 0.842 bits per heavy atom. The standard InChI is InChI=1S/C15H12N4/c16-7-10-3-8-1-2-11(17)4-9-5-12(18)6-13(9)14(8)15(10)19/h1-6H,17-19H2. The molecule has 4 nitrogen and oxygen atoms in total. The molecule has 0 amide bonds. The van der Waals surface area contributed by atoms with E-state index in [4.69, 9.17) is 22.5 Å². The Kier molecular flexibility index (Phi) is 2.23. The molecule has 0 spiro atoms. The van der Waals surface area contributed by atoms with Crippen molar-refractivity contribution in [1.82, 2.24) is 0 Å². The average Bonchev–Trinajstić information content (AvgIpc) is 2.85. The van der Waals surface area contributed by atoms with Crippen LogP contribution in [-0.2, 0) is 0 Å². The summed E-state index contributed by atoms with van der Waals surface area (Å²) in [6, 6.07) is 13.1. The predicted octanol–water partition coefficient (Wildman–Crippen LogP) is 2.51. The van der Waals surface area contributed by atoms with Gasteiger partial charge in [0.2, 0.25) is 0 Å². The van der Waals surface area contributed by atoms with Crippen LogP contribution in [-0.4, -0.2) is 0 Å². The molecule has 0 fully saturated rings. The number of fused-ring (bicyclic) bond motifs is 3. The second-order valence-electron chi connectivity index (χ2n) is 4.55. The van der Waals surface area contributed by atoms with E-state index in [1.165, 1.54) is 0 Å². The SMILES string of the molecule is N#Cc1cc2ccc(N)cc3cc(N)cc-3c-2c1N. The van der Waals surface area contributed by atoms with Crippen LogP contribution in [0.5, 0.6) is 0 Å². The van der Waals surface area contributed by atoms with Crippen LogP contribution in [0.1, 0.15) is 5.56 Å². The molecular formula is C15H12N4. The van der Waals surface area contributed by atoms with Crippen molar-refractivity contribution in [2.75, 3.05) is 17.2 Å². The molecule has 0 saturated carbocycles. The van der Waals surface area contributed by atoms with E-state index in [-0.39, 0.29) is 0 Å². The van der Waals surface area contributed by atoms with Crippen LogP contribution in [0.3, 0.4) is 0 Å². The van der Waals surface area contributed by atoms with Gasteiger partial charge in [-0.3, -0.25) is 0 Å². The first-order valence-electron chi connectivity index (χ1n) is 5.81. The molecule has 0 heterocycles. The molecule has 3 aliphatic carbocycles. The topological polar surface area (TPSA) is 102 Å². The lowest BCUT2D eigenvalue weighted by molar-refractivity contribution is 1.51. The monoisotopic (exact) mass is 248 g/mol. The first-order chi connectivity index (χ1) is 9.10. The molecule has 0 aliphatic heterocycles. The van der Waals surface area contributed by atoms with Gasteiger partial charge in [-0.15, -0.1) is 0 Å². The quantitative estimate of drug-likeness (QED) is 0.568. The molecular weight excluding hydrogens is 236 g/mol. The van der Waals surface area contributed by atoms with E-state index < -0.39 is 0 Å². The Bertz CT molecular complexity index is 770. The minimum absolute atomic E-state index is 0.473. The van der Waals surface area contributed by atoms with Gasteiger partial charge < -0.3 is 17.2 Å². The molecule has 0 aromatic heterocycles. The number of hydrogen-bond acceptors (Lipinski definition) is 4. The molecule has 0 saturated heterocycles. The number of anilines is 3. The highest BCUT2D eigenvalue weighted by atomic mass is 14.6. The second kappa shape index (κ2) is 3.79. The average molecular weight is 248 g/mol. The molecule has 19 heavy (non-hydrogen) atoms. The molecule has 3 aliphatic rings.